The monoisotopic (exact) mass is 184 g/mol. The first-order chi connectivity index (χ1) is 6.24. The van der Waals surface area contributed by atoms with E-state index in [-0.39, 0.29) is 0 Å². The molecular weight excluding hydrogens is 164 g/mol. The summed E-state index contributed by atoms with van der Waals surface area (Å²) in [4.78, 5) is 0. The van der Waals surface area contributed by atoms with Gasteiger partial charge in [0.15, 0.2) is 0 Å². The van der Waals surface area contributed by atoms with Crippen molar-refractivity contribution in [1.29, 1.82) is 0 Å². The topological polar surface area (TPSA) is 47.3 Å². The Bertz CT molecular complexity index is 178. The number of hydrazine groups is 1. The van der Waals surface area contributed by atoms with Crippen LogP contribution in [0, 0.1) is 5.92 Å². The van der Waals surface area contributed by atoms with E-state index >= 15 is 0 Å². The molecule has 0 fully saturated rings. The van der Waals surface area contributed by atoms with Gasteiger partial charge in [-0.25, -0.2) is 0 Å². The largest absolute Gasteiger partial charge is 0.501 e. The Kier molecular flexibility index (Phi) is 4.25. The fourth-order valence-electron chi connectivity index (χ4n) is 1.64. The fraction of sp³-hybridized carbons (Fsp3) is 0.800. The molecular formula is C10H20N2O. The van der Waals surface area contributed by atoms with E-state index in [1.165, 1.54) is 5.57 Å². The minimum atomic E-state index is 0.292. The van der Waals surface area contributed by atoms with Crippen LogP contribution >= 0.6 is 0 Å². The highest BCUT2D eigenvalue weighted by Crippen LogP contribution is 2.19. The van der Waals surface area contributed by atoms with Crippen LogP contribution in [-0.4, -0.2) is 12.6 Å². The van der Waals surface area contributed by atoms with Gasteiger partial charge < -0.3 is 4.74 Å². The summed E-state index contributed by atoms with van der Waals surface area (Å²) in [5.74, 6) is 6.16. The van der Waals surface area contributed by atoms with Crippen LogP contribution < -0.4 is 11.3 Å². The summed E-state index contributed by atoms with van der Waals surface area (Å²) in [5, 5.41) is 0. The van der Waals surface area contributed by atoms with E-state index in [0.717, 1.165) is 25.9 Å². The van der Waals surface area contributed by atoms with Crippen molar-refractivity contribution in [2.75, 3.05) is 6.61 Å². The van der Waals surface area contributed by atoms with Gasteiger partial charge in [-0.3, -0.25) is 11.3 Å². The van der Waals surface area contributed by atoms with Gasteiger partial charge in [-0.2, -0.15) is 0 Å². The van der Waals surface area contributed by atoms with Crippen LogP contribution in [0.25, 0.3) is 0 Å². The number of nitrogens with two attached hydrogens (primary N) is 1. The van der Waals surface area contributed by atoms with Gasteiger partial charge in [-0.05, 0) is 30.8 Å². The standard InChI is InChI=1S/C10H20N2O/c1-8(2)6-10(12-11)9-4-3-5-13-7-9/h7-8,10,12H,3-6,11H2,1-2H3. The maximum atomic E-state index is 5.51. The average Bonchev–Trinajstić information content (AvgIpc) is 2.15. The molecule has 0 spiro atoms. The molecule has 0 aromatic rings. The summed E-state index contributed by atoms with van der Waals surface area (Å²) in [7, 11) is 0. The van der Waals surface area contributed by atoms with E-state index in [2.05, 4.69) is 19.3 Å². The lowest BCUT2D eigenvalue weighted by atomic mass is 9.95. The van der Waals surface area contributed by atoms with Crippen molar-refractivity contribution in [2.45, 2.75) is 39.2 Å². The van der Waals surface area contributed by atoms with Gasteiger partial charge in [0.05, 0.1) is 12.9 Å². The smallest absolute Gasteiger partial charge is 0.0876 e. The Morgan fingerprint density at radius 3 is 2.85 bits per heavy atom. The maximum Gasteiger partial charge on any atom is 0.0876 e. The predicted molar refractivity (Wildman–Crippen MR) is 53.8 cm³/mol. The lowest BCUT2D eigenvalue weighted by Crippen LogP contribution is -2.38. The Labute approximate surface area is 80.3 Å². The van der Waals surface area contributed by atoms with Crippen molar-refractivity contribution < 1.29 is 4.74 Å². The third-order valence-corrected chi connectivity index (χ3v) is 2.32. The van der Waals surface area contributed by atoms with Crippen LogP contribution in [-0.2, 0) is 4.74 Å². The molecule has 1 atom stereocenters. The van der Waals surface area contributed by atoms with Crippen molar-refractivity contribution in [1.82, 2.24) is 5.43 Å². The highest BCUT2D eigenvalue weighted by molar-refractivity contribution is 5.09. The zero-order valence-corrected chi connectivity index (χ0v) is 8.55. The van der Waals surface area contributed by atoms with Crippen LogP contribution in [0.5, 0.6) is 0 Å². The van der Waals surface area contributed by atoms with E-state index in [1.807, 2.05) is 6.26 Å². The first kappa shape index (κ1) is 10.5. The molecule has 1 unspecified atom stereocenters. The second-order valence-corrected chi connectivity index (χ2v) is 4.02. The molecule has 3 heteroatoms. The summed E-state index contributed by atoms with van der Waals surface area (Å²) < 4.78 is 5.29. The van der Waals surface area contributed by atoms with Gasteiger partial charge in [0.1, 0.15) is 0 Å². The highest BCUT2D eigenvalue weighted by atomic mass is 16.5. The second kappa shape index (κ2) is 5.25. The molecule has 1 heterocycles. The number of hydrogen-bond donors (Lipinski definition) is 2. The summed E-state index contributed by atoms with van der Waals surface area (Å²) in [5.41, 5.74) is 4.16. The minimum Gasteiger partial charge on any atom is -0.501 e. The molecule has 0 aromatic carbocycles. The molecule has 76 valence electrons. The number of rotatable bonds is 4. The highest BCUT2D eigenvalue weighted by Gasteiger charge is 2.16. The molecule has 0 saturated carbocycles. The molecule has 3 N–H and O–H groups in total. The van der Waals surface area contributed by atoms with E-state index in [0.29, 0.717) is 12.0 Å². The molecule has 0 aromatic heterocycles. The fourth-order valence-corrected chi connectivity index (χ4v) is 1.64. The first-order valence-electron chi connectivity index (χ1n) is 5.00. The van der Waals surface area contributed by atoms with Crippen molar-refractivity contribution in [3.05, 3.63) is 11.8 Å². The number of hydrogen-bond acceptors (Lipinski definition) is 3. The Hall–Kier alpha value is -0.540. The van der Waals surface area contributed by atoms with Crippen LogP contribution in [0.4, 0.5) is 0 Å². The third kappa shape index (κ3) is 3.36. The predicted octanol–water partition coefficient (Wildman–Crippen LogP) is 1.56. The summed E-state index contributed by atoms with van der Waals surface area (Å²) in [6, 6.07) is 0.292. The molecule has 0 bridgehead atoms. The first-order valence-corrected chi connectivity index (χ1v) is 5.00. The third-order valence-electron chi connectivity index (χ3n) is 2.32. The van der Waals surface area contributed by atoms with E-state index in [1.54, 1.807) is 0 Å². The van der Waals surface area contributed by atoms with Crippen LogP contribution in [0.15, 0.2) is 11.8 Å². The second-order valence-electron chi connectivity index (χ2n) is 4.02. The van der Waals surface area contributed by atoms with Crippen LogP contribution in [0.3, 0.4) is 0 Å². The minimum absolute atomic E-state index is 0.292. The van der Waals surface area contributed by atoms with Gasteiger partial charge in [0.25, 0.3) is 0 Å². The van der Waals surface area contributed by atoms with Gasteiger partial charge >= 0.3 is 0 Å². The van der Waals surface area contributed by atoms with Crippen molar-refractivity contribution in [3.8, 4) is 0 Å². The molecule has 1 aliphatic rings. The number of nitrogens with one attached hydrogen (secondary N) is 1. The molecule has 3 nitrogen and oxygen atoms in total. The normalized spacial score (nSPS) is 19.5. The quantitative estimate of drug-likeness (QED) is 0.515. The van der Waals surface area contributed by atoms with Crippen molar-refractivity contribution >= 4 is 0 Å². The van der Waals surface area contributed by atoms with Crippen LogP contribution in [0.2, 0.25) is 0 Å². The lowest BCUT2D eigenvalue weighted by molar-refractivity contribution is 0.217. The van der Waals surface area contributed by atoms with E-state index < -0.39 is 0 Å². The van der Waals surface area contributed by atoms with Gasteiger partial charge in [0.2, 0.25) is 0 Å². The van der Waals surface area contributed by atoms with E-state index in [9.17, 15) is 0 Å². The summed E-state index contributed by atoms with van der Waals surface area (Å²) in [6.45, 7) is 5.26. The Morgan fingerprint density at radius 2 is 2.38 bits per heavy atom. The van der Waals surface area contributed by atoms with Crippen molar-refractivity contribution in [3.63, 3.8) is 0 Å². The zero-order chi connectivity index (χ0) is 9.68. The molecule has 1 rings (SSSR count). The molecule has 13 heavy (non-hydrogen) atoms. The average molecular weight is 184 g/mol. The SMILES string of the molecule is CC(C)CC(NN)C1=COCCC1. The van der Waals surface area contributed by atoms with E-state index in [4.69, 9.17) is 10.6 Å². The summed E-state index contributed by atoms with van der Waals surface area (Å²) in [6.07, 6.45) is 5.17. The Morgan fingerprint density at radius 1 is 1.62 bits per heavy atom. The molecule has 0 radical (unpaired) electrons. The molecule has 0 saturated heterocycles. The molecule has 0 amide bonds. The van der Waals surface area contributed by atoms with Gasteiger partial charge in [-0.15, -0.1) is 0 Å². The lowest BCUT2D eigenvalue weighted by Gasteiger charge is -2.23. The summed E-state index contributed by atoms with van der Waals surface area (Å²) >= 11 is 0. The van der Waals surface area contributed by atoms with Crippen LogP contribution in [0.1, 0.15) is 33.1 Å². The number of ether oxygens (including phenoxy) is 1. The molecule has 0 aliphatic carbocycles. The zero-order valence-electron chi connectivity index (χ0n) is 8.55. The Balaban J connectivity index is 2.49. The maximum absolute atomic E-state index is 5.51. The molecule has 1 aliphatic heterocycles. The van der Waals surface area contributed by atoms with Crippen molar-refractivity contribution in [2.24, 2.45) is 11.8 Å². The van der Waals surface area contributed by atoms with Gasteiger partial charge in [0, 0.05) is 6.04 Å². The van der Waals surface area contributed by atoms with Gasteiger partial charge in [-0.1, -0.05) is 13.8 Å².